The van der Waals surface area contributed by atoms with E-state index in [4.69, 9.17) is 0 Å². The smallest absolute Gasteiger partial charge is 0.0238 e. The van der Waals surface area contributed by atoms with Gasteiger partial charge in [0, 0.05) is 0 Å². The van der Waals surface area contributed by atoms with E-state index in [0.29, 0.717) is 0 Å². The van der Waals surface area contributed by atoms with Gasteiger partial charge in [-0.3, -0.25) is 0 Å². The first-order valence-electron chi connectivity index (χ1n) is 6.86. The molecule has 0 N–H and O–H groups in total. The number of hydrogen-bond acceptors (Lipinski definition) is 0. The minimum atomic E-state index is 0.736. The largest absolute Gasteiger partial charge is 0.0625 e. The van der Waals surface area contributed by atoms with Gasteiger partial charge in [-0.2, -0.15) is 0 Å². The van der Waals surface area contributed by atoms with Gasteiger partial charge in [0.15, 0.2) is 0 Å². The Labute approximate surface area is 111 Å². The standard InChI is InChI=1S/C18H22/c1-15(2)14-18-12-10-17(11-13-18)9-8-16-6-4-3-5-7-16/h3-7,10-13,15H,8-9,14H2,1-2H3. The van der Waals surface area contributed by atoms with Gasteiger partial charge in [0.2, 0.25) is 0 Å². The molecule has 0 aliphatic rings. The van der Waals surface area contributed by atoms with Gasteiger partial charge in [0.1, 0.15) is 0 Å². The molecule has 0 bridgehead atoms. The van der Waals surface area contributed by atoms with Crippen molar-refractivity contribution in [1.29, 1.82) is 0 Å². The molecule has 0 atom stereocenters. The number of rotatable bonds is 5. The van der Waals surface area contributed by atoms with Crippen LogP contribution in [0.1, 0.15) is 30.5 Å². The highest BCUT2D eigenvalue weighted by atomic mass is 14.0. The van der Waals surface area contributed by atoms with E-state index in [2.05, 4.69) is 68.4 Å². The van der Waals surface area contributed by atoms with Crippen molar-refractivity contribution in [2.45, 2.75) is 33.1 Å². The maximum atomic E-state index is 2.28. The van der Waals surface area contributed by atoms with Crippen LogP contribution in [-0.2, 0) is 19.3 Å². The van der Waals surface area contributed by atoms with E-state index >= 15 is 0 Å². The molecular formula is C18H22. The molecule has 0 saturated heterocycles. The van der Waals surface area contributed by atoms with Crippen LogP contribution in [0.2, 0.25) is 0 Å². The van der Waals surface area contributed by atoms with E-state index < -0.39 is 0 Å². The van der Waals surface area contributed by atoms with Gasteiger partial charge in [-0.25, -0.2) is 0 Å². The Morgan fingerprint density at radius 2 is 1.17 bits per heavy atom. The molecule has 0 saturated carbocycles. The van der Waals surface area contributed by atoms with Gasteiger partial charge in [0.05, 0.1) is 0 Å². The summed E-state index contributed by atoms with van der Waals surface area (Å²) in [5.41, 5.74) is 4.31. The number of hydrogen-bond donors (Lipinski definition) is 0. The summed E-state index contributed by atoms with van der Waals surface area (Å²) in [6.07, 6.45) is 3.44. The van der Waals surface area contributed by atoms with Crippen molar-refractivity contribution in [2.24, 2.45) is 5.92 Å². The molecule has 0 amide bonds. The highest BCUT2D eigenvalue weighted by molar-refractivity contribution is 5.24. The van der Waals surface area contributed by atoms with Gasteiger partial charge in [0.25, 0.3) is 0 Å². The quantitative estimate of drug-likeness (QED) is 0.710. The predicted molar refractivity (Wildman–Crippen MR) is 78.8 cm³/mol. The first-order valence-corrected chi connectivity index (χ1v) is 6.86. The summed E-state index contributed by atoms with van der Waals surface area (Å²) in [4.78, 5) is 0. The third-order valence-electron chi connectivity index (χ3n) is 3.21. The Hall–Kier alpha value is -1.56. The van der Waals surface area contributed by atoms with Crippen molar-refractivity contribution >= 4 is 0 Å². The minimum Gasteiger partial charge on any atom is -0.0625 e. The number of aryl methyl sites for hydroxylation is 2. The van der Waals surface area contributed by atoms with E-state index in [1.807, 2.05) is 0 Å². The molecular weight excluding hydrogens is 216 g/mol. The molecule has 18 heavy (non-hydrogen) atoms. The van der Waals surface area contributed by atoms with Crippen molar-refractivity contribution in [3.05, 3.63) is 71.3 Å². The lowest BCUT2D eigenvalue weighted by atomic mass is 9.99. The van der Waals surface area contributed by atoms with E-state index in [0.717, 1.165) is 18.8 Å². The zero-order valence-corrected chi connectivity index (χ0v) is 11.4. The van der Waals surface area contributed by atoms with Crippen LogP contribution in [0.4, 0.5) is 0 Å². The maximum Gasteiger partial charge on any atom is -0.0238 e. The Kier molecular flexibility index (Phi) is 4.58. The molecule has 2 aromatic carbocycles. The highest BCUT2D eigenvalue weighted by Gasteiger charge is 1.99. The van der Waals surface area contributed by atoms with E-state index in [9.17, 15) is 0 Å². The molecule has 0 aliphatic heterocycles. The molecule has 2 aromatic rings. The topological polar surface area (TPSA) is 0 Å². The first kappa shape index (κ1) is 12.9. The van der Waals surface area contributed by atoms with Crippen molar-refractivity contribution in [2.75, 3.05) is 0 Å². The second-order valence-corrected chi connectivity index (χ2v) is 5.40. The monoisotopic (exact) mass is 238 g/mol. The Morgan fingerprint density at radius 3 is 1.72 bits per heavy atom. The second kappa shape index (κ2) is 6.39. The Bertz CT molecular complexity index is 451. The van der Waals surface area contributed by atoms with Crippen LogP contribution in [0, 0.1) is 5.92 Å². The molecule has 0 aromatic heterocycles. The first-order chi connectivity index (χ1) is 8.74. The van der Waals surface area contributed by atoms with Gasteiger partial charge in [-0.15, -0.1) is 0 Å². The zero-order chi connectivity index (χ0) is 12.8. The van der Waals surface area contributed by atoms with Gasteiger partial charge >= 0.3 is 0 Å². The summed E-state index contributed by atoms with van der Waals surface area (Å²) in [5, 5.41) is 0. The molecule has 94 valence electrons. The van der Waals surface area contributed by atoms with E-state index in [1.165, 1.54) is 23.1 Å². The summed E-state index contributed by atoms with van der Waals surface area (Å²) in [5.74, 6) is 0.736. The van der Waals surface area contributed by atoms with Crippen LogP contribution in [0.3, 0.4) is 0 Å². The van der Waals surface area contributed by atoms with Crippen LogP contribution in [-0.4, -0.2) is 0 Å². The summed E-state index contributed by atoms with van der Waals surface area (Å²) in [6.45, 7) is 4.53. The highest BCUT2D eigenvalue weighted by Crippen LogP contribution is 2.12. The predicted octanol–water partition coefficient (Wildman–Crippen LogP) is 4.67. The number of benzene rings is 2. The summed E-state index contributed by atoms with van der Waals surface area (Å²) >= 11 is 0. The average Bonchev–Trinajstić information content (AvgIpc) is 2.38. The van der Waals surface area contributed by atoms with Crippen molar-refractivity contribution in [3.8, 4) is 0 Å². The molecule has 2 rings (SSSR count). The summed E-state index contributed by atoms with van der Waals surface area (Å²) in [6, 6.07) is 19.8. The summed E-state index contributed by atoms with van der Waals surface area (Å²) < 4.78 is 0. The zero-order valence-electron chi connectivity index (χ0n) is 11.4. The van der Waals surface area contributed by atoms with E-state index in [1.54, 1.807) is 0 Å². The third-order valence-corrected chi connectivity index (χ3v) is 3.21. The maximum absolute atomic E-state index is 2.28. The Balaban J connectivity index is 1.90. The lowest BCUT2D eigenvalue weighted by Gasteiger charge is -2.06. The SMILES string of the molecule is CC(C)Cc1ccc(CCc2ccccc2)cc1. The van der Waals surface area contributed by atoms with Gasteiger partial charge in [-0.1, -0.05) is 68.4 Å². The fourth-order valence-electron chi connectivity index (χ4n) is 2.25. The average molecular weight is 238 g/mol. The molecule has 0 aliphatic carbocycles. The molecule has 0 spiro atoms. The van der Waals surface area contributed by atoms with Crippen molar-refractivity contribution in [3.63, 3.8) is 0 Å². The normalized spacial score (nSPS) is 10.8. The lowest BCUT2D eigenvalue weighted by molar-refractivity contribution is 0.647. The fourth-order valence-corrected chi connectivity index (χ4v) is 2.25. The van der Waals surface area contributed by atoms with Crippen LogP contribution in [0.25, 0.3) is 0 Å². The molecule has 0 fully saturated rings. The van der Waals surface area contributed by atoms with Crippen molar-refractivity contribution < 1.29 is 0 Å². The van der Waals surface area contributed by atoms with Crippen LogP contribution in [0.5, 0.6) is 0 Å². The molecule has 0 radical (unpaired) electrons. The fraction of sp³-hybridized carbons (Fsp3) is 0.333. The van der Waals surface area contributed by atoms with Gasteiger partial charge in [-0.05, 0) is 41.9 Å². The second-order valence-electron chi connectivity index (χ2n) is 5.40. The summed E-state index contributed by atoms with van der Waals surface area (Å²) in [7, 11) is 0. The molecule has 0 heteroatoms. The molecule has 0 nitrogen and oxygen atoms in total. The van der Waals surface area contributed by atoms with Crippen LogP contribution in [0.15, 0.2) is 54.6 Å². The Morgan fingerprint density at radius 1 is 0.667 bits per heavy atom. The molecule has 0 heterocycles. The van der Waals surface area contributed by atoms with Crippen LogP contribution < -0.4 is 0 Å². The van der Waals surface area contributed by atoms with Crippen LogP contribution >= 0.6 is 0 Å². The third kappa shape index (κ3) is 4.03. The van der Waals surface area contributed by atoms with Gasteiger partial charge < -0.3 is 0 Å². The van der Waals surface area contributed by atoms with E-state index in [-0.39, 0.29) is 0 Å². The molecule has 0 unspecified atom stereocenters. The lowest BCUT2D eigenvalue weighted by Crippen LogP contribution is -1.95. The minimum absolute atomic E-state index is 0.736. The van der Waals surface area contributed by atoms with Crippen molar-refractivity contribution in [1.82, 2.24) is 0 Å².